The van der Waals surface area contributed by atoms with Crippen molar-refractivity contribution in [3.05, 3.63) is 46.5 Å². The molecule has 1 aliphatic heterocycles. The van der Waals surface area contributed by atoms with Crippen LogP contribution in [0.25, 0.3) is 0 Å². The van der Waals surface area contributed by atoms with Crippen LogP contribution in [0.4, 0.5) is 0 Å². The molecule has 3 rings (SSSR count). The molecule has 0 nitrogen and oxygen atoms in total. The van der Waals surface area contributed by atoms with Gasteiger partial charge >= 0.3 is 0 Å². The highest BCUT2D eigenvalue weighted by molar-refractivity contribution is 8.05. The predicted molar refractivity (Wildman–Crippen MR) is 80.1 cm³/mol. The fourth-order valence-electron chi connectivity index (χ4n) is 2.12. The Morgan fingerprint density at radius 1 is 0.667 bits per heavy atom. The lowest BCUT2D eigenvalue weighted by Crippen LogP contribution is -1.95. The van der Waals surface area contributed by atoms with E-state index in [2.05, 4.69) is 52.0 Å². The van der Waals surface area contributed by atoms with Crippen molar-refractivity contribution in [3.8, 4) is 0 Å². The Balaban J connectivity index is 2.15. The predicted octanol–water partition coefficient (Wildman–Crippen LogP) is 5.54. The van der Waals surface area contributed by atoms with Gasteiger partial charge in [0.15, 0.2) is 0 Å². The summed E-state index contributed by atoms with van der Waals surface area (Å²) < 4.78 is 0. The van der Waals surface area contributed by atoms with Crippen LogP contribution in [0.15, 0.2) is 43.8 Å². The Morgan fingerprint density at radius 2 is 1.28 bits per heavy atom. The van der Waals surface area contributed by atoms with Crippen molar-refractivity contribution < 1.29 is 0 Å². The van der Waals surface area contributed by atoms with E-state index in [1.54, 1.807) is 0 Å². The fourth-order valence-corrected chi connectivity index (χ4v) is 4.74. The summed E-state index contributed by atoms with van der Waals surface area (Å²) in [5, 5.41) is 0. The van der Waals surface area contributed by atoms with Gasteiger partial charge in [0, 0.05) is 19.6 Å². The highest BCUT2D eigenvalue weighted by Crippen LogP contribution is 2.50. The lowest BCUT2D eigenvalue weighted by atomic mass is 10.1. The Kier molecular flexibility index (Phi) is 2.95. The molecule has 0 aromatic heterocycles. The third-order valence-corrected chi connectivity index (χ3v) is 6.30. The molecule has 0 saturated heterocycles. The first kappa shape index (κ1) is 12.2. The van der Waals surface area contributed by atoms with Crippen molar-refractivity contribution in [1.29, 1.82) is 0 Å². The highest BCUT2D eigenvalue weighted by atomic mass is 32.2. The molecular weight excluding hydrogens is 256 g/mol. The lowest BCUT2D eigenvalue weighted by Gasteiger charge is -2.22. The second-order valence-corrected chi connectivity index (χ2v) is 7.06. The quantitative estimate of drug-likeness (QED) is 0.527. The molecule has 0 amide bonds. The lowest BCUT2D eigenvalue weighted by molar-refractivity contribution is 1.08. The molecular formula is C16H16S2. The van der Waals surface area contributed by atoms with E-state index < -0.39 is 0 Å². The zero-order valence-corrected chi connectivity index (χ0v) is 12.8. The summed E-state index contributed by atoms with van der Waals surface area (Å²) >= 11 is 3.83. The van der Waals surface area contributed by atoms with Crippen molar-refractivity contribution in [2.75, 3.05) is 0 Å². The molecule has 0 spiro atoms. The number of rotatable bonds is 0. The Labute approximate surface area is 117 Å². The molecule has 18 heavy (non-hydrogen) atoms. The SMILES string of the molecule is Cc1cc2c(cc1C)Sc1c(ccc(C)c1C)S2. The topological polar surface area (TPSA) is 0 Å². The highest BCUT2D eigenvalue weighted by Gasteiger charge is 2.19. The minimum Gasteiger partial charge on any atom is -0.0877 e. The summed E-state index contributed by atoms with van der Waals surface area (Å²) in [6, 6.07) is 9.13. The van der Waals surface area contributed by atoms with E-state index in [-0.39, 0.29) is 0 Å². The van der Waals surface area contributed by atoms with Crippen molar-refractivity contribution in [2.45, 2.75) is 47.3 Å². The number of hydrogen-bond acceptors (Lipinski definition) is 2. The average Bonchev–Trinajstić information content (AvgIpc) is 2.34. The molecule has 0 radical (unpaired) electrons. The van der Waals surface area contributed by atoms with E-state index in [1.165, 1.54) is 41.8 Å². The summed E-state index contributed by atoms with van der Waals surface area (Å²) in [7, 11) is 0. The number of hydrogen-bond donors (Lipinski definition) is 0. The van der Waals surface area contributed by atoms with Crippen molar-refractivity contribution >= 4 is 23.5 Å². The molecule has 0 N–H and O–H groups in total. The van der Waals surface area contributed by atoms with Crippen LogP contribution < -0.4 is 0 Å². The van der Waals surface area contributed by atoms with Crippen molar-refractivity contribution in [1.82, 2.24) is 0 Å². The molecule has 0 saturated carbocycles. The first-order valence-corrected chi connectivity index (χ1v) is 7.76. The maximum absolute atomic E-state index is 2.33. The second kappa shape index (κ2) is 4.36. The van der Waals surface area contributed by atoms with Crippen LogP contribution in [0.1, 0.15) is 22.3 Å². The van der Waals surface area contributed by atoms with Crippen molar-refractivity contribution in [3.63, 3.8) is 0 Å². The van der Waals surface area contributed by atoms with Crippen LogP contribution in [0.5, 0.6) is 0 Å². The van der Waals surface area contributed by atoms with Crippen LogP contribution in [0, 0.1) is 27.7 Å². The van der Waals surface area contributed by atoms with Gasteiger partial charge in [-0.05, 0) is 68.1 Å². The largest absolute Gasteiger partial charge is 0.0877 e. The molecule has 0 atom stereocenters. The van der Waals surface area contributed by atoms with Crippen molar-refractivity contribution in [2.24, 2.45) is 0 Å². The maximum Gasteiger partial charge on any atom is 0.0294 e. The Hall–Kier alpha value is -0.860. The van der Waals surface area contributed by atoms with Crippen LogP contribution in [-0.2, 0) is 0 Å². The van der Waals surface area contributed by atoms with Gasteiger partial charge in [0.2, 0.25) is 0 Å². The van der Waals surface area contributed by atoms with E-state index in [1.807, 2.05) is 23.5 Å². The van der Waals surface area contributed by atoms with Gasteiger partial charge < -0.3 is 0 Å². The number of aryl methyl sites for hydroxylation is 3. The van der Waals surface area contributed by atoms with Gasteiger partial charge in [0.1, 0.15) is 0 Å². The summed E-state index contributed by atoms with van der Waals surface area (Å²) in [5.41, 5.74) is 5.58. The van der Waals surface area contributed by atoms with Gasteiger partial charge in [0.25, 0.3) is 0 Å². The molecule has 2 heteroatoms. The molecule has 0 unspecified atom stereocenters. The van der Waals surface area contributed by atoms with Crippen LogP contribution in [-0.4, -0.2) is 0 Å². The minimum atomic E-state index is 1.38. The van der Waals surface area contributed by atoms with Gasteiger partial charge in [-0.25, -0.2) is 0 Å². The second-order valence-electron chi connectivity index (χ2n) is 4.92. The van der Waals surface area contributed by atoms with Gasteiger partial charge in [-0.1, -0.05) is 29.6 Å². The summed E-state index contributed by atoms with van der Waals surface area (Å²) in [6.07, 6.45) is 0. The first-order valence-electron chi connectivity index (χ1n) is 6.13. The maximum atomic E-state index is 2.33. The van der Waals surface area contributed by atoms with Gasteiger partial charge in [-0.3, -0.25) is 0 Å². The number of benzene rings is 2. The molecule has 2 aromatic rings. The third-order valence-electron chi connectivity index (χ3n) is 3.63. The minimum absolute atomic E-state index is 1.38. The van der Waals surface area contributed by atoms with Gasteiger partial charge in [0.05, 0.1) is 0 Å². The zero-order chi connectivity index (χ0) is 12.9. The van der Waals surface area contributed by atoms with E-state index >= 15 is 0 Å². The molecule has 0 aliphatic carbocycles. The molecule has 1 heterocycles. The standard InChI is InChI=1S/C16H16S2/c1-9-5-6-13-16(12(9)4)18-15-8-11(3)10(2)7-14(15)17-13/h5-8H,1-4H3. The summed E-state index contributed by atoms with van der Waals surface area (Å²) in [5.74, 6) is 0. The van der Waals surface area contributed by atoms with E-state index in [9.17, 15) is 0 Å². The van der Waals surface area contributed by atoms with Gasteiger partial charge in [-0.2, -0.15) is 0 Å². The monoisotopic (exact) mass is 272 g/mol. The Morgan fingerprint density at radius 3 is 1.94 bits per heavy atom. The van der Waals surface area contributed by atoms with E-state index in [0.29, 0.717) is 0 Å². The summed E-state index contributed by atoms with van der Waals surface area (Å²) in [6.45, 7) is 8.81. The number of fused-ring (bicyclic) bond motifs is 2. The van der Waals surface area contributed by atoms with Crippen LogP contribution in [0.2, 0.25) is 0 Å². The Bertz CT molecular complexity index is 642. The van der Waals surface area contributed by atoms with E-state index in [0.717, 1.165) is 0 Å². The molecule has 0 bridgehead atoms. The van der Waals surface area contributed by atoms with Gasteiger partial charge in [-0.15, -0.1) is 0 Å². The average molecular weight is 272 g/mol. The fraction of sp³-hybridized carbons (Fsp3) is 0.250. The molecule has 0 fully saturated rings. The summed E-state index contributed by atoms with van der Waals surface area (Å²) in [4.78, 5) is 5.65. The first-order chi connectivity index (χ1) is 8.56. The molecule has 92 valence electrons. The van der Waals surface area contributed by atoms with E-state index in [4.69, 9.17) is 0 Å². The van der Waals surface area contributed by atoms with Crippen LogP contribution >= 0.6 is 23.5 Å². The normalized spacial score (nSPS) is 13.1. The van der Waals surface area contributed by atoms with Crippen LogP contribution in [0.3, 0.4) is 0 Å². The molecule has 2 aromatic carbocycles. The third kappa shape index (κ3) is 1.88. The smallest absolute Gasteiger partial charge is 0.0294 e. The molecule has 1 aliphatic rings. The zero-order valence-electron chi connectivity index (χ0n) is 11.1.